The molecule has 114 valence electrons. The molecule has 0 aliphatic rings. The Bertz CT molecular complexity index is 731. The lowest BCUT2D eigenvalue weighted by Crippen LogP contribution is -2.24. The Morgan fingerprint density at radius 3 is 2.55 bits per heavy atom. The molecule has 0 fully saturated rings. The maximum Gasteiger partial charge on any atom is 0.349 e. The normalized spacial score (nSPS) is 11.7. The molecule has 1 atom stereocenters. The van der Waals surface area contributed by atoms with Gasteiger partial charge in [0, 0.05) is 5.56 Å². The average Bonchev–Trinajstić information content (AvgIpc) is 2.90. The van der Waals surface area contributed by atoms with Gasteiger partial charge in [0.2, 0.25) is 0 Å². The molecule has 0 N–H and O–H groups in total. The first kappa shape index (κ1) is 16.2. The summed E-state index contributed by atoms with van der Waals surface area (Å²) in [6.07, 6.45) is 0. The van der Waals surface area contributed by atoms with Gasteiger partial charge in [-0.05, 0) is 27.3 Å². The van der Waals surface area contributed by atoms with E-state index in [0.717, 1.165) is 18.4 Å². The number of halogens is 1. The molecule has 0 aliphatic carbocycles. The molecule has 1 aromatic heterocycles. The maximum absolute atomic E-state index is 12.6. The minimum Gasteiger partial charge on any atom is -0.468 e. The number of ether oxygens (including phenoxy) is 1. The van der Waals surface area contributed by atoms with Crippen LogP contribution in [0.4, 0.5) is 5.00 Å². The molecule has 9 heteroatoms. The van der Waals surface area contributed by atoms with E-state index in [2.05, 4.69) is 25.7 Å². The fourth-order valence-electron chi connectivity index (χ4n) is 1.85. The second-order valence-corrected chi connectivity index (χ2v) is 6.35. The zero-order valence-corrected chi connectivity index (χ0v) is 13.6. The minimum absolute atomic E-state index is 0.212. The van der Waals surface area contributed by atoms with Crippen LogP contribution in [0.5, 0.6) is 0 Å². The quantitative estimate of drug-likeness (QED) is 0.258. The lowest BCUT2D eigenvalue weighted by atomic mass is 9.95. The fourth-order valence-corrected chi connectivity index (χ4v) is 3.14. The standard InChI is InChI=1S/C13H9BrN2O5S/c1-21-12(18)8(10(17)7-5-3-2-4-6-7)9-11(16(19)20)22-13(14)15-9/h2-6,8H,1H3. The summed E-state index contributed by atoms with van der Waals surface area (Å²) in [5, 5.41) is 10.7. The van der Waals surface area contributed by atoms with Gasteiger partial charge in [-0.3, -0.25) is 19.7 Å². The van der Waals surface area contributed by atoms with E-state index in [-0.39, 0.29) is 20.2 Å². The van der Waals surface area contributed by atoms with Gasteiger partial charge in [-0.2, -0.15) is 0 Å². The minimum atomic E-state index is -1.48. The number of esters is 1. The van der Waals surface area contributed by atoms with Crippen molar-refractivity contribution >= 4 is 44.0 Å². The van der Waals surface area contributed by atoms with Gasteiger partial charge in [-0.1, -0.05) is 30.3 Å². The molecular formula is C13H9BrN2O5S. The Labute approximate surface area is 137 Å². The monoisotopic (exact) mass is 384 g/mol. The van der Waals surface area contributed by atoms with Gasteiger partial charge in [0.1, 0.15) is 0 Å². The van der Waals surface area contributed by atoms with Crippen molar-refractivity contribution in [3.05, 3.63) is 55.6 Å². The van der Waals surface area contributed by atoms with Crippen LogP contribution in [0.15, 0.2) is 34.2 Å². The number of carbonyl (C=O) groups is 2. The van der Waals surface area contributed by atoms with E-state index >= 15 is 0 Å². The van der Waals surface area contributed by atoms with Crippen LogP contribution in [0.1, 0.15) is 22.0 Å². The van der Waals surface area contributed by atoms with Crippen molar-refractivity contribution in [2.45, 2.75) is 5.92 Å². The molecule has 1 unspecified atom stereocenters. The number of methoxy groups -OCH3 is 1. The summed E-state index contributed by atoms with van der Waals surface area (Å²) >= 11 is 3.77. The van der Waals surface area contributed by atoms with Gasteiger partial charge in [-0.15, -0.1) is 0 Å². The van der Waals surface area contributed by atoms with E-state index in [1.165, 1.54) is 12.1 Å². The van der Waals surface area contributed by atoms with Crippen molar-refractivity contribution < 1.29 is 19.2 Å². The fraction of sp³-hybridized carbons (Fsp3) is 0.154. The summed E-state index contributed by atoms with van der Waals surface area (Å²) < 4.78 is 4.83. The predicted molar refractivity (Wildman–Crippen MR) is 82.0 cm³/mol. The maximum atomic E-state index is 12.6. The van der Waals surface area contributed by atoms with Crippen LogP contribution in [0, 0.1) is 10.1 Å². The van der Waals surface area contributed by atoms with Crippen LogP contribution in [0.25, 0.3) is 0 Å². The lowest BCUT2D eigenvalue weighted by molar-refractivity contribution is -0.381. The summed E-state index contributed by atoms with van der Waals surface area (Å²) in [4.78, 5) is 38.9. The van der Waals surface area contributed by atoms with E-state index < -0.39 is 22.6 Å². The molecule has 22 heavy (non-hydrogen) atoms. The lowest BCUT2D eigenvalue weighted by Gasteiger charge is -2.11. The number of aromatic nitrogens is 1. The number of Topliss-reactive ketones (excluding diaryl/α,β-unsaturated/α-hetero) is 1. The molecule has 0 saturated heterocycles. The Kier molecular flexibility index (Phi) is 4.99. The molecule has 0 radical (unpaired) electrons. The third kappa shape index (κ3) is 3.20. The van der Waals surface area contributed by atoms with Gasteiger partial charge in [0.25, 0.3) is 0 Å². The number of ketones is 1. The van der Waals surface area contributed by atoms with Crippen LogP contribution in [-0.2, 0) is 9.53 Å². The van der Waals surface area contributed by atoms with Gasteiger partial charge in [-0.25, -0.2) is 4.98 Å². The van der Waals surface area contributed by atoms with Crippen LogP contribution in [0.2, 0.25) is 0 Å². The van der Waals surface area contributed by atoms with Crippen molar-refractivity contribution in [2.24, 2.45) is 0 Å². The average molecular weight is 385 g/mol. The molecule has 1 heterocycles. The highest BCUT2D eigenvalue weighted by Gasteiger charge is 2.39. The third-order valence-corrected chi connectivity index (χ3v) is 4.28. The summed E-state index contributed by atoms with van der Waals surface area (Å²) in [5.41, 5.74) is 0.0268. The molecular weight excluding hydrogens is 376 g/mol. The number of thiazole rings is 1. The van der Waals surface area contributed by atoms with Crippen molar-refractivity contribution in [1.82, 2.24) is 4.98 Å². The number of hydrogen-bond acceptors (Lipinski definition) is 7. The number of hydrogen-bond donors (Lipinski definition) is 0. The highest BCUT2D eigenvalue weighted by atomic mass is 79.9. The van der Waals surface area contributed by atoms with Crippen LogP contribution in [0.3, 0.4) is 0 Å². The number of rotatable bonds is 5. The van der Waals surface area contributed by atoms with Crippen LogP contribution >= 0.6 is 27.3 Å². The number of nitro groups is 1. The van der Waals surface area contributed by atoms with E-state index in [9.17, 15) is 19.7 Å². The van der Waals surface area contributed by atoms with E-state index in [0.29, 0.717) is 0 Å². The van der Waals surface area contributed by atoms with Gasteiger partial charge < -0.3 is 4.74 Å². The van der Waals surface area contributed by atoms with E-state index in [1.807, 2.05) is 0 Å². The van der Waals surface area contributed by atoms with Gasteiger partial charge >= 0.3 is 11.0 Å². The molecule has 0 bridgehead atoms. The van der Waals surface area contributed by atoms with Crippen molar-refractivity contribution in [2.75, 3.05) is 7.11 Å². The third-order valence-electron chi connectivity index (χ3n) is 2.81. The Morgan fingerprint density at radius 2 is 2.00 bits per heavy atom. The molecule has 0 spiro atoms. The highest BCUT2D eigenvalue weighted by molar-refractivity contribution is 9.11. The van der Waals surface area contributed by atoms with Crippen LogP contribution in [-0.4, -0.2) is 28.8 Å². The van der Waals surface area contributed by atoms with Gasteiger partial charge in [0.15, 0.2) is 21.3 Å². The number of benzene rings is 1. The van der Waals surface area contributed by atoms with E-state index in [4.69, 9.17) is 0 Å². The Balaban J connectivity index is 2.55. The van der Waals surface area contributed by atoms with Crippen molar-refractivity contribution in [1.29, 1.82) is 0 Å². The SMILES string of the molecule is COC(=O)C(C(=O)c1ccccc1)c1nc(Br)sc1[N+](=O)[O-]. The Morgan fingerprint density at radius 1 is 1.36 bits per heavy atom. The molecule has 2 aromatic rings. The zero-order valence-electron chi connectivity index (χ0n) is 11.2. The highest BCUT2D eigenvalue weighted by Crippen LogP contribution is 2.36. The topological polar surface area (TPSA) is 99.4 Å². The second-order valence-electron chi connectivity index (χ2n) is 4.10. The predicted octanol–water partition coefficient (Wildman–Crippen LogP) is 2.95. The largest absolute Gasteiger partial charge is 0.468 e. The van der Waals surface area contributed by atoms with E-state index in [1.54, 1.807) is 18.2 Å². The number of nitrogens with zero attached hydrogens (tertiary/aromatic N) is 2. The summed E-state index contributed by atoms with van der Waals surface area (Å²) in [5.74, 6) is -2.97. The first-order chi connectivity index (χ1) is 10.5. The van der Waals surface area contributed by atoms with Gasteiger partial charge in [0.05, 0.1) is 12.0 Å². The molecule has 2 rings (SSSR count). The van der Waals surface area contributed by atoms with Crippen LogP contribution < -0.4 is 0 Å². The zero-order chi connectivity index (χ0) is 16.3. The second kappa shape index (κ2) is 6.75. The molecule has 0 saturated carbocycles. The molecule has 0 amide bonds. The number of carbonyl (C=O) groups excluding carboxylic acids is 2. The summed E-state index contributed by atoms with van der Waals surface area (Å²) in [6.45, 7) is 0. The molecule has 0 aliphatic heterocycles. The smallest absolute Gasteiger partial charge is 0.349 e. The first-order valence-electron chi connectivity index (χ1n) is 5.93. The summed E-state index contributed by atoms with van der Waals surface area (Å²) in [6, 6.07) is 8.02. The van der Waals surface area contributed by atoms with Crippen molar-refractivity contribution in [3.8, 4) is 0 Å². The Hall–Kier alpha value is -2.13. The molecule has 1 aromatic carbocycles. The molecule has 7 nitrogen and oxygen atoms in total. The summed E-state index contributed by atoms with van der Waals surface area (Å²) in [7, 11) is 1.11. The van der Waals surface area contributed by atoms with Crippen molar-refractivity contribution in [3.63, 3.8) is 0 Å². The first-order valence-corrected chi connectivity index (χ1v) is 7.54.